The van der Waals surface area contributed by atoms with Gasteiger partial charge in [0.1, 0.15) is 0 Å². The quantitative estimate of drug-likeness (QED) is 0.656. The van der Waals surface area contributed by atoms with Crippen molar-refractivity contribution in [2.24, 2.45) is 0 Å². The lowest BCUT2D eigenvalue weighted by Gasteiger charge is -2.05. The lowest BCUT2D eigenvalue weighted by molar-refractivity contribution is 1.35. The molecule has 0 aliphatic rings. The fourth-order valence-corrected chi connectivity index (χ4v) is 2.87. The Hall–Kier alpha value is -1.87. The molecule has 0 amide bonds. The van der Waals surface area contributed by atoms with E-state index >= 15 is 0 Å². The van der Waals surface area contributed by atoms with E-state index in [9.17, 15) is 0 Å². The van der Waals surface area contributed by atoms with E-state index in [1.165, 1.54) is 4.70 Å². The number of para-hydroxylation sites is 2. The Balaban J connectivity index is 2.34. The number of fused-ring (bicyclic) bond motifs is 1. The maximum Gasteiger partial charge on any atom is 0.0908 e. The molecule has 84 valence electrons. The summed E-state index contributed by atoms with van der Waals surface area (Å²) in [7, 11) is 0. The Kier molecular flexibility index (Phi) is 2.34. The van der Waals surface area contributed by atoms with Gasteiger partial charge in [0.25, 0.3) is 0 Å². The molecule has 0 atom stereocenters. The SMILES string of the molecule is Cc1nc2c(-c3ccccc3N)cccc2s1. The van der Waals surface area contributed by atoms with Gasteiger partial charge in [0.15, 0.2) is 0 Å². The number of thiazole rings is 1. The van der Waals surface area contributed by atoms with Gasteiger partial charge in [-0.3, -0.25) is 0 Å². The number of hydrogen-bond acceptors (Lipinski definition) is 3. The maximum atomic E-state index is 6.03. The van der Waals surface area contributed by atoms with E-state index in [4.69, 9.17) is 5.73 Å². The summed E-state index contributed by atoms with van der Waals surface area (Å²) in [4.78, 5) is 4.59. The second-order valence-corrected chi connectivity index (χ2v) is 5.21. The number of nitrogens with two attached hydrogens (primary N) is 1. The molecule has 0 saturated heterocycles. The van der Waals surface area contributed by atoms with E-state index in [1.54, 1.807) is 11.3 Å². The largest absolute Gasteiger partial charge is 0.398 e. The van der Waals surface area contributed by atoms with Crippen LogP contribution in [0.15, 0.2) is 42.5 Å². The Labute approximate surface area is 104 Å². The van der Waals surface area contributed by atoms with Crippen LogP contribution in [0, 0.1) is 6.92 Å². The van der Waals surface area contributed by atoms with Crippen LogP contribution < -0.4 is 5.73 Å². The first-order chi connectivity index (χ1) is 8.25. The molecule has 0 fully saturated rings. The Morgan fingerprint density at radius 3 is 2.59 bits per heavy atom. The molecule has 0 unspecified atom stereocenters. The van der Waals surface area contributed by atoms with Gasteiger partial charge >= 0.3 is 0 Å². The number of nitrogens with zero attached hydrogens (tertiary/aromatic N) is 1. The van der Waals surface area contributed by atoms with E-state index in [0.29, 0.717) is 0 Å². The summed E-state index contributed by atoms with van der Waals surface area (Å²) in [6.45, 7) is 2.03. The number of benzene rings is 2. The van der Waals surface area contributed by atoms with Crippen LogP contribution in [0.3, 0.4) is 0 Å². The van der Waals surface area contributed by atoms with Crippen LogP contribution in [0.5, 0.6) is 0 Å². The zero-order valence-corrected chi connectivity index (χ0v) is 10.3. The van der Waals surface area contributed by atoms with Crippen molar-refractivity contribution in [2.75, 3.05) is 5.73 Å². The third-order valence-electron chi connectivity index (χ3n) is 2.78. The van der Waals surface area contributed by atoms with Gasteiger partial charge in [-0.05, 0) is 19.1 Å². The van der Waals surface area contributed by atoms with Crippen molar-refractivity contribution >= 4 is 27.2 Å². The molecule has 1 aromatic heterocycles. The molecule has 17 heavy (non-hydrogen) atoms. The maximum absolute atomic E-state index is 6.03. The summed E-state index contributed by atoms with van der Waals surface area (Å²) in [5, 5.41) is 1.09. The van der Waals surface area contributed by atoms with Gasteiger partial charge in [-0.25, -0.2) is 4.98 Å². The summed E-state index contributed by atoms with van der Waals surface area (Å²) in [6, 6.07) is 14.2. The lowest BCUT2D eigenvalue weighted by atomic mass is 10.0. The molecule has 2 aromatic carbocycles. The zero-order chi connectivity index (χ0) is 11.8. The fraction of sp³-hybridized carbons (Fsp3) is 0.0714. The Morgan fingerprint density at radius 1 is 1.00 bits per heavy atom. The predicted molar refractivity (Wildman–Crippen MR) is 74.2 cm³/mol. The van der Waals surface area contributed by atoms with Gasteiger partial charge in [0.2, 0.25) is 0 Å². The number of anilines is 1. The number of rotatable bonds is 1. The smallest absolute Gasteiger partial charge is 0.0908 e. The summed E-state index contributed by atoms with van der Waals surface area (Å²) in [6.07, 6.45) is 0. The van der Waals surface area contributed by atoms with Crippen LogP contribution in [0.2, 0.25) is 0 Å². The van der Waals surface area contributed by atoms with Crippen LogP contribution in [0.1, 0.15) is 5.01 Å². The van der Waals surface area contributed by atoms with Crippen molar-refractivity contribution in [3.8, 4) is 11.1 Å². The molecule has 0 spiro atoms. The van der Waals surface area contributed by atoms with Crippen molar-refractivity contribution in [3.05, 3.63) is 47.5 Å². The average Bonchev–Trinajstić information content (AvgIpc) is 2.70. The van der Waals surface area contributed by atoms with Crippen molar-refractivity contribution in [2.45, 2.75) is 6.92 Å². The highest BCUT2D eigenvalue weighted by Crippen LogP contribution is 2.33. The molecule has 0 radical (unpaired) electrons. The number of nitrogen functional groups attached to an aromatic ring is 1. The highest BCUT2D eigenvalue weighted by atomic mass is 32.1. The molecule has 1 heterocycles. The highest BCUT2D eigenvalue weighted by Gasteiger charge is 2.09. The van der Waals surface area contributed by atoms with Crippen LogP contribution in [0.25, 0.3) is 21.3 Å². The fourth-order valence-electron chi connectivity index (χ4n) is 2.02. The molecule has 0 bridgehead atoms. The van der Waals surface area contributed by atoms with Crippen LogP contribution in [-0.2, 0) is 0 Å². The molecule has 3 rings (SSSR count). The van der Waals surface area contributed by atoms with Gasteiger partial charge < -0.3 is 5.73 Å². The molecule has 0 aliphatic carbocycles. The van der Waals surface area contributed by atoms with E-state index in [-0.39, 0.29) is 0 Å². The normalized spacial score (nSPS) is 10.9. The second-order valence-electron chi connectivity index (χ2n) is 3.97. The van der Waals surface area contributed by atoms with Crippen molar-refractivity contribution in [1.82, 2.24) is 4.98 Å². The monoisotopic (exact) mass is 240 g/mol. The highest BCUT2D eigenvalue weighted by molar-refractivity contribution is 7.18. The summed E-state index contributed by atoms with van der Waals surface area (Å²) in [5.74, 6) is 0. The zero-order valence-electron chi connectivity index (χ0n) is 9.47. The van der Waals surface area contributed by atoms with Crippen molar-refractivity contribution < 1.29 is 0 Å². The summed E-state index contributed by atoms with van der Waals surface area (Å²) < 4.78 is 1.21. The minimum atomic E-state index is 0.797. The summed E-state index contributed by atoms with van der Waals surface area (Å²) in [5.41, 5.74) is 10.0. The standard InChI is InChI=1S/C14H12N2S/c1-9-16-14-11(6-4-8-13(14)17-9)10-5-2-3-7-12(10)15/h2-8H,15H2,1H3. The molecular weight excluding hydrogens is 228 g/mol. The lowest BCUT2D eigenvalue weighted by Crippen LogP contribution is -1.89. The molecule has 3 heteroatoms. The predicted octanol–water partition coefficient (Wildman–Crippen LogP) is 3.85. The van der Waals surface area contributed by atoms with Crippen molar-refractivity contribution in [3.63, 3.8) is 0 Å². The van der Waals surface area contributed by atoms with Crippen LogP contribution in [-0.4, -0.2) is 4.98 Å². The Morgan fingerprint density at radius 2 is 1.76 bits per heavy atom. The molecule has 3 aromatic rings. The Bertz CT molecular complexity index is 686. The molecule has 0 aliphatic heterocycles. The van der Waals surface area contributed by atoms with Crippen LogP contribution >= 0.6 is 11.3 Å². The molecule has 2 nitrogen and oxygen atoms in total. The van der Waals surface area contributed by atoms with Crippen molar-refractivity contribution in [1.29, 1.82) is 0 Å². The minimum Gasteiger partial charge on any atom is -0.398 e. The topological polar surface area (TPSA) is 38.9 Å². The first-order valence-corrected chi connectivity index (χ1v) is 6.28. The number of aryl methyl sites for hydroxylation is 1. The molecule has 2 N–H and O–H groups in total. The minimum absolute atomic E-state index is 0.797. The summed E-state index contributed by atoms with van der Waals surface area (Å²) >= 11 is 1.71. The van der Waals surface area contributed by atoms with Gasteiger partial charge in [-0.15, -0.1) is 11.3 Å². The number of hydrogen-bond donors (Lipinski definition) is 1. The van der Waals surface area contributed by atoms with Gasteiger partial charge in [-0.2, -0.15) is 0 Å². The number of aromatic nitrogens is 1. The van der Waals surface area contributed by atoms with Gasteiger partial charge in [-0.1, -0.05) is 30.3 Å². The third-order valence-corrected chi connectivity index (χ3v) is 3.71. The first-order valence-electron chi connectivity index (χ1n) is 5.47. The molecular formula is C14H12N2S. The van der Waals surface area contributed by atoms with E-state index < -0.39 is 0 Å². The second kappa shape index (κ2) is 3.86. The first kappa shape index (κ1) is 10.3. The van der Waals surface area contributed by atoms with Gasteiger partial charge in [0, 0.05) is 16.8 Å². The molecule has 0 saturated carbocycles. The van der Waals surface area contributed by atoms with E-state index in [2.05, 4.69) is 23.2 Å². The van der Waals surface area contributed by atoms with Gasteiger partial charge in [0.05, 0.1) is 15.2 Å². The average molecular weight is 240 g/mol. The third kappa shape index (κ3) is 1.68. The van der Waals surface area contributed by atoms with Crippen LogP contribution in [0.4, 0.5) is 5.69 Å². The van der Waals surface area contributed by atoms with E-state index in [1.807, 2.05) is 31.2 Å². The van der Waals surface area contributed by atoms with E-state index in [0.717, 1.165) is 27.3 Å².